The van der Waals surface area contributed by atoms with Crippen LogP contribution in [0.1, 0.15) is 33.5 Å². The second kappa shape index (κ2) is 10.2. The minimum absolute atomic E-state index is 0.0411. The summed E-state index contributed by atoms with van der Waals surface area (Å²) in [4.78, 5) is 17.9. The molecule has 0 radical (unpaired) electrons. The average molecular weight is 572 g/mol. The van der Waals surface area contributed by atoms with Crippen LogP contribution in [0.15, 0.2) is 60.8 Å². The van der Waals surface area contributed by atoms with Crippen LogP contribution < -0.4 is 10.2 Å². The van der Waals surface area contributed by atoms with E-state index in [2.05, 4.69) is 10.3 Å². The van der Waals surface area contributed by atoms with Crippen LogP contribution in [0, 0.1) is 0 Å². The predicted octanol–water partition coefficient (Wildman–Crippen LogP) is 5.41. The Bertz CT molecular complexity index is 1390. The van der Waals surface area contributed by atoms with Crippen LogP contribution in [-0.2, 0) is 11.8 Å². The molecule has 2 aromatic carbocycles. The Labute approximate surface area is 223 Å². The fourth-order valence-electron chi connectivity index (χ4n) is 4.13. The van der Waals surface area contributed by atoms with E-state index < -0.39 is 47.8 Å². The molecule has 200 valence electrons. The van der Waals surface area contributed by atoms with Crippen molar-refractivity contribution in [3.63, 3.8) is 0 Å². The van der Waals surface area contributed by atoms with Crippen molar-refractivity contribution in [1.29, 1.82) is 0 Å². The minimum Gasteiger partial charge on any atom is -0.393 e. The lowest BCUT2D eigenvalue weighted by atomic mass is 9.86. The molecule has 1 unspecified atom stereocenters. The first-order valence-corrected chi connectivity index (χ1v) is 11.8. The minimum atomic E-state index is -4.73. The lowest BCUT2D eigenvalue weighted by molar-refractivity contribution is -0.205. The van der Waals surface area contributed by atoms with Gasteiger partial charge >= 0.3 is 6.18 Å². The zero-order valence-electron chi connectivity index (χ0n) is 19.3. The maximum absolute atomic E-state index is 14.9. The van der Waals surface area contributed by atoms with Crippen molar-refractivity contribution in [1.82, 2.24) is 4.98 Å². The molecule has 3 N–H and O–H groups in total. The Morgan fingerprint density at radius 3 is 2.50 bits per heavy atom. The lowest BCUT2D eigenvalue weighted by Gasteiger charge is -2.33. The van der Waals surface area contributed by atoms with E-state index in [0.29, 0.717) is 0 Å². The summed E-state index contributed by atoms with van der Waals surface area (Å²) in [6.45, 7) is -1.59. The highest BCUT2D eigenvalue weighted by Gasteiger charge is 2.56. The Kier molecular flexibility index (Phi) is 7.45. The van der Waals surface area contributed by atoms with Crippen LogP contribution in [0.5, 0.6) is 0 Å². The molecule has 1 aromatic heterocycles. The molecule has 1 aliphatic heterocycles. The molecule has 0 saturated carbocycles. The molecule has 4 rings (SSSR count). The number of thiocarbonyl (C=S) groups is 1. The Balaban J connectivity index is 1.61. The predicted molar refractivity (Wildman–Crippen MR) is 135 cm³/mol. The number of halogens is 6. The van der Waals surface area contributed by atoms with Gasteiger partial charge in [-0.3, -0.25) is 4.79 Å². The van der Waals surface area contributed by atoms with Crippen molar-refractivity contribution in [3.8, 4) is 0 Å². The number of fused-ring (bicyclic) bond motifs is 1. The number of benzene rings is 2. The number of hydrogen-bond donors (Lipinski definition) is 3. The highest BCUT2D eigenvalue weighted by Crippen LogP contribution is 2.47. The highest BCUT2D eigenvalue weighted by molar-refractivity contribution is 7.81. The third kappa shape index (κ3) is 5.08. The van der Waals surface area contributed by atoms with E-state index in [9.17, 15) is 37.0 Å². The molecule has 0 bridgehead atoms. The van der Waals surface area contributed by atoms with Gasteiger partial charge in [0.15, 0.2) is 5.60 Å². The lowest BCUT2D eigenvalue weighted by Crippen LogP contribution is -2.48. The molecule has 1 atom stereocenters. The summed E-state index contributed by atoms with van der Waals surface area (Å²) in [5.74, 6) is -4.81. The molecule has 1 amide bonds. The maximum atomic E-state index is 14.9. The number of hydrogen-bond acceptors (Lipinski definition) is 5. The second-order valence-corrected chi connectivity index (χ2v) is 9.34. The molecule has 0 aliphatic carbocycles. The molecule has 0 spiro atoms. The fourth-order valence-corrected chi connectivity index (χ4v) is 4.61. The van der Waals surface area contributed by atoms with E-state index in [4.69, 9.17) is 23.8 Å². The fraction of sp³-hybridized carbons (Fsp3) is 0.240. The van der Waals surface area contributed by atoms with Crippen LogP contribution in [0.25, 0.3) is 0 Å². The number of alkyl halides is 5. The number of aromatic nitrogens is 1. The number of amides is 1. The molecule has 0 fully saturated rings. The van der Waals surface area contributed by atoms with Crippen LogP contribution in [0.3, 0.4) is 0 Å². The first-order valence-electron chi connectivity index (χ1n) is 11.0. The maximum Gasteiger partial charge on any atom is 0.417 e. The van der Waals surface area contributed by atoms with E-state index in [1.807, 2.05) is 0 Å². The van der Waals surface area contributed by atoms with Gasteiger partial charge in [0, 0.05) is 41.0 Å². The topological polar surface area (TPSA) is 85.7 Å². The summed E-state index contributed by atoms with van der Waals surface area (Å²) in [5.41, 5.74) is -4.52. The number of carbonyl (C=O) groups is 1. The van der Waals surface area contributed by atoms with Gasteiger partial charge in [0.1, 0.15) is 10.8 Å². The average Bonchev–Trinajstić information content (AvgIpc) is 2.96. The summed E-state index contributed by atoms with van der Waals surface area (Å²) in [7, 11) is 0. The summed E-state index contributed by atoms with van der Waals surface area (Å²) in [5, 5.41) is 22.8. The molecule has 6 nitrogen and oxygen atoms in total. The van der Waals surface area contributed by atoms with E-state index in [1.54, 1.807) is 0 Å². The van der Waals surface area contributed by atoms with Gasteiger partial charge in [0.25, 0.3) is 11.8 Å². The normalized spacial score (nSPS) is 18.9. The number of rotatable bonds is 4. The Hall–Kier alpha value is -3.19. The first kappa shape index (κ1) is 27.8. The van der Waals surface area contributed by atoms with Crippen LogP contribution >= 0.6 is 23.8 Å². The third-order valence-corrected chi connectivity index (χ3v) is 6.84. The third-order valence-electron chi connectivity index (χ3n) is 6.15. The molecule has 0 saturated heterocycles. The summed E-state index contributed by atoms with van der Waals surface area (Å²) in [6, 6.07) is 11.0. The molecular formula is C25H19ClF5N3O3S. The monoisotopic (exact) mass is 571 g/mol. The van der Waals surface area contributed by atoms with E-state index >= 15 is 0 Å². The van der Waals surface area contributed by atoms with Gasteiger partial charge in [0.2, 0.25) is 0 Å². The quantitative estimate of drug-likeness (QED) is 0.287. The van der Waals surface area contributed by atoms with Gasteiger partial charge in [-0.1, -0.05) is 36.0 Å². The molecule has 3 aromatic rings. The van der Waals surface area contributed by atoms with Gasteiger partial charge in [-0.25, -0.2) is 13.8 Å². The first-order chi connectivity index (χ1) is 17.8. The number of pyridine rings is 1. The summed E-state index contributed by atoms with van der Waals surface area (Å²) >= 11 is 11.5. The number of aliphatic hydroxyl groups is 2. The van der Waals surface area contributed by atoms with Crippen LogP contribution in [-0.4, -0.2) is 45.2 Å². The van der Waals surface area contributed by atoms with Crippen LogP contribution in [0.2, 0.25) is 5.02 Å². The molecular weight excluding hydrogens is 553 g/mol. The van der Waals surface area contributed by atoms with Crippen molar-refractivity contribution < 1.29 is 37.0 Å². The van der Waals surface area contributed by atoms with Gasteiger partial charge in [-0.2, -0.15) is 13.2 Å². The molecule has 1 aliphatic rings. The number of anilines is 2. The summed E-state index contributed by atoms with van der Waals surface area (Å²) < 4.78 is 69.6. The molecule has 13 heteroatoms. The van der Waals surface area contributed by atoms with Gasteiger partial charge in [-0.15, -0.1) is 0 Å². The van der Waals surface area contributed by atoms with Crippen molar-refractivity contribution in [2.24, 2.45) is 0 Å². The Morgan fingerprint density at radius 2 is 1.87 bits per heavy atom. The SMILES string of the molecule is O=C(Nc1ccc(C(=S)N2CCC(F)(F)C(O)(CO)c3cc(Cl)ccc32)cn1)c1ccccc1C(F)(F)F. The Morgan fingerprint density at radius 1 is 1.16 bits per heavy atom. The molecule has 38 heavy (non-hydrogen) atoms. The number of aliphatic hydroxyl groups excluding tert-OH is 1. The number of carbonyl (C=O) groups excluding carboxylic acids is 1. The van der Waals surface area contributed by atoms with Gasteiger partial charge in [0.05, 0.1) is 17.7 Å². The van der Waals surface area contributed by atoms with Gasteiger partial charge < -0.3 is 20.4 Å². The zero-order valence-corrected chi connectivity index (χ0v) is 20.8. The highest BCUT2D eigenvalue weighted by atomic mass is 35.5. The van der Waals surface area contributed by atoms with E-state index in [0.717, 1.165) is 18.2 Å². The van der Waals surface area contributed by atoms with Crippen molar-refractivity contribution >= 4 is 46.2 Å². The van der Waals surface area contributed by atoms with E-state index in [1.165, 1.54) is 47.5 Å². The van der Waals surface area contributed by atoms with E-state index in [-0.39, 0.29) is 39.2 Å². The van der Waals surface area contributed by atoms with Crippen molar-refractivity contribution in [3.05, 3.63) is 88.1 Å². The number of nitrogens with zero attached hydrogens (tertiary/aromatic N) is 2. The smallest absolute Gasteiger partial charge is 0.393 e. The number of nitrogens with one attached hydrogen (secondary N) is 1. The second-order valence-electron chi connectivity index (χ2n) is 8.52. The van der Waals surface area contributed by atoms with Crippen molar-refractivity contribution in [2.75, 3.05) is 23.4 Å². The van der Waals surface area contributed by atoms with Crippen molar-refractivity contribution in [2.45, 2.75) is 24.1 Å². The molecule has 2 heterocycles. The summed E-state index contributed by atoms with van der Waals surface area (Å²) in [6.07, 6.45) is -4.36. The largest absolute Gasteiger partial charge is 0.417 e. The van der Waals surface area contributed by atoms with Gasteiger partial charge in [-0.05, 0) is 42.5 Å². The standard InChI is InChI=1S/C25H19ClF5N3O3S/c26-15-6-7-19-18(11-15)23(37,13-35)24(27,28)9-10-34(19)22(38)14-5-8-20(32-12-14)33-21(36)16-3-1-2-4-17(16)25(29,30)31/h1-8,11-12,35,37H,9-10,13H2,(H,32,33,36). The van der Waals surface area contributed by atoms with Crippen LogP contribution in [0.4, 0.5) is 33.5 Å². The zero-order chi connectivity index (χ0) is 27.9.